The van der Waals surface area contributed by atoms with E-state index in [0.717, 1.165) is 6.54 Å². The van der Waals surface area contributed by atoms with Crippen LogP contribution in [0, 0.1) is 16.7 Å². The molecular weight excluding hydrogens is 202 g/mol. The Morgan fingerprint density at radius 3 is 2.19 bits per heavy atom. The minimum Gasteiger partial charge on any atom is -0.393 e. The first-order valence-corrected chi connectivity index (χ1v) is 6.14. The van der Waals surface area contributed by atoms with Crippen LogP contribution in [0.25, 0.3) is 0 Å². The zero-order chi connectivity index (χ0) is 12.6. The maximum Gasteiger partial charge on any atom is 0.220 e. The first-order chi connectivity index (χ1) is 7.19. The van der Waals surface area contributed by atoms with E-state index in [1.165, 1.54) is 0 Å². The Morgan fingerprint density at radius 1 is 1.31 bits per heavy atom. The Labute approximate surface area is 98.6 Å². The Hall–Kier alpha value is -0.570. The third-order valence-electron chi connectivity index (χ3n) is 4.61. The first kappa shape index (κ1) is 13.5. The van der Waals surface area contributed by atoms with Crippen molar-refractivity contribution in [1.29, 1.82) is 0 Å². The van der Waals surface area contributed by atoms with E-state index in [2.05, 4.69) is 33.0 Å². The molecule has 0 aliphatic heterocycles. The first-order valence-electron chi connectivity index (χ1n) is 6.14. The second-order valence-electron chi connectivity index (χ2n) is 6.19. The molecule has 1 aliphatic rings. The molecule has 1 rings (SSSR count). The average Bonchev–Trinajstić information content (AvgIpc) is 2.51. The number of hydrogen-bond acceptors (Lipinski definition) is 2. The molecule has 0 aromatic rings. The number of hydrogen-bond donors (Lipinski definition) is 2. The van der Waals surface area contributed by atoms with Gasteiger partial charge in [0.2, 0.25) is 5.91 Å². The summed E-state index contributed by atoms with van der Waals surface area (Å²) in [5.74, 6) is 0.620. The van der Waals surface area contributed by atoms with Crippen LogP contribution in [0.3, 0.4) is 0 Å². The van der Waals surface area contributed by atoms with Crippen LogP contribution in [0.4, 0.5) is 0 Å². The van der Waals surface area contributed by atoms with Crippen LogP contribution in [-0.4, -0.2) is 23.7 Å². The van der Waals surface area contributed by atoms with Crippen molar-refractivity contribution in [3.8, 4) is 0 Å². The quantitative estimate of drug-likeness (QED) is 0.754. The summed E-state index contributed by atoms with van der Waals surface area (Å²) in [5.41, 5.74) is 0.648. The molecular formula is C13H25NO2. The summed E-state index contributed by atoms with van der Waals surface area (Å²) >= 11 is 0. The van der Waals surface area contributed by atoms with E-state index >= 15 is 0 Å². The van der Waals surface area contributed by atoms with Gasteiger partial charge in [0.05, 0.1) is 6.10 Å². The van der Waals surface area contributed by atoms with E-state index in [-0.39, 0.29) is 12.0 Å². The number of amides is 1. The van der Waals surface area contributed by atoms with E-state index < -0.39 is 0 Å². The minimum absolute atomic E-state index is 0.0550. The molecule has 2 N–H and O–H groups in total. The Morgan fingerprint density at radius 2 is 1.81 bits per heavy atom. The lowest BCUT2D eigenvalue weighted by molar-refractivity contribution is -0.121. The van der Waals surface area contributed by atoms with Crippen molar-refractivity contribution in [2.24, 2.45) is 16.7 Å². The molecule has 94 valence electrons. The zero-order valence-electron chi connectivity index (χ0n) is 11.1. The molecule has 0 aromatic carbocycles. The maximum absolute atomic E-state index is 11.5. The van der Waals surface area contributed by atoms with Crippen molar-refractivity contribution in [2.45, 2.75) is 53.6 Å². The summed E-state index contributed by atoms with van der Waals surface area (Å²) in [4.78, 5) is 11.5. The number of aliphatic hydroxyl groups is 1. The fraction of sp³-hybridized carbons (Fsp3) is 0.923. The largest absolute Gasteiger partial charge is 0.393 e. The molecule has 1 atom stereocenters. The lowest BCUT2D eigenvalue weighted by atomic mass is 10.0. The van der Waals surface area contributed by atoms with Crippen LogP contribution >= 0.6 is 0 Å². The highest BCUT2D eigenvalue weighted by Crippen LogP contribution is 2.67. The highest BCUT2D eigenvalue weighted by Gasteiger charge is 2.64. The van der Waals surface area contributed by atoms with Crippen LogP contribution < -0.4 is 5.32 Å². The standard InChI is InChI=1S/C13H25NO2/c1-9(15)6-7-11(16)14-8-10-12(2,3)13(10,4)5/h9-10,15H,6-8H2,1-5H3,(H,14,16). The third-order valence-corrected chi connectivity index (χ3v) is 4.61. The second kappa shape index (κ2) is 4.36. The number of carbonyl (C=O) groups is 1. The minimum atomic E-state index is -0.389. The molecule has 0 heterocycles. The SMILES string of the molecule is CC(O)CCC(=O)NCC1C(C)(C)C1(C)C. The smallest absolute Gasteiger partial charge is 0.220 e. The lowest BCUT2D eigenvalue weighted by Gasteiger charge is -2.07. The summed E-state index contributed by atoms with van der Waals surface area (Å²) in [6.45, 7) is 11.5. The van der Waals surface area contributed by atoms with Crippen molar-refractivity contribution < 1.29 is 9.90 Å². The van der Waals surface area contributed by atoms with Gasteiger partial charge in [0, 0.05) is 13.0 Å². The van der Waals surface area contributed by atoms with Crippen LogP contribution in [-0.2, 0) is 4.79 Å². The van der Waals surface area contributed by atoms with Gasteiger partial charge >= 0.3 is 0 Å². The van der Waals surface area contributed by atoms with Gasteiger partial charge in [-0.05, 0) is 30.1 Å². The van der Waals surface area contributed by atoms with Crippen molar-refractivity contribution in [2.75, 3.05) is 6.54 Å². The summed E-state index contributed by atoms with van der Waals surface area (Å²) in [6.07, 6.45) is 0.577. The van der Waals surface area contributed by atoms with Crippen LogP contribution in [0.1, 0.15) is 47.5 Å². The number of carbonyl (C=O) groups excluding carboxylic acids is 1. The fourth-order valence-electron chi connectivity index (χ4n) is 2.49. The van der Waals surface area contributed by atoms with Crippen LogP contribution in [0.15, 0.2) is 0 Å². The number of nitrogens with one attached hydrogen (secondary N) is 1. The van der Waals surface area contributed by atoms with Gasteiger partial charge in [-0.25, -0.2) is 0 Å². The van der Waals surface area contributed by atoms with Crippen molar-refractivity contribution >= 4 is 5.91 Å². The van der Waals surface area contributed by atoms with E-state index in [0.29, 0.717) is 29.6 Å². The topological polar surface area (TPSA) is 49.3 Å². The molecule has 0 spiro atoms. The van der Waals surface area contributed by atoms with E-state index in [4.69, 9.17) is 5.11 Å². The Bertz CT molecular complexity index is 255. The molecule has 0 bridgehead atoms. The average molecular weight is 227 g/mol. The lowest BCUT2D eigenvalue weighted by Crippen LogP contribution is -2.27. The zero-order valence-corrected chi connectivity index (χ0v) is 11.1. The molecule has 0 saturated heterocycles. The van der Waals surface area contributed by atoms with Crippen LogP contribution in [0.2, 0.25) is 0 Å². The maximum atomic E-state index is 11.5. The van der Waals surface area contributed by atoms with E-state index in [1.54, 1.807) is 6.92 Å². The second-order valence-corrected chi connectivity index (χ2v) is 6.19. The number of aliphatic hydroxyl groups excluding tert-OH is 1. The Kier molecular flexibility index (Phi) is 3.68. The van der Waals surface area contributed by atoms with Crippen molar-refractivity contribution in [3.63, 3.8) is 0 Å². The monoisotopic (exact) mass is 227 g/mol. The molecule has 1 fully saturated rings. The molecule has 16 heavy (non-hydrogen) atoms. The molecule has 1 saturated carbocycles. The van der Waals surface area contributed by atoms with Crippen molar-refractivity contribution in [3.05, 3.63) is 0 Å². The molecule has 1 unspecified atom stereocenters. The fourth-order valence-corrected chi connectivity index (χ4v) is 2.49. The van der Waals surface area contributed by atoms with E-state index in [1.807, 2.05) is 0 Å². The normalized spacial score (nSPS) is 23.9. The van der Waals surface area contributed by atoms with Gasteiger partial charge in [-0.15, -0.1) is 0 Å². The van der Waals surface area contributed by atoms with Gasteiger partial charge in [0.15, 0.2) is 0 Å². The molecule has 1 amide bonds. The highest BCUT2D eigenvalue weighted by atomic mass is 16.3. The Balaban J connectivity index is 2.24. The molecule has 3 nitrogen and oxygen atoms in total. The van der Waals surface area contributed by atoms with Gasteiger partial charge in [-0.3, -0.25) is 4.79 Å². The summed E-state index contributed by atoms with van der Waals surface area (Å²) in [7, 11) is 0. The molecule has 1 aliphatic carbocycles. The number of rotatable bonds is 5. The van der Waals surface area contributed by atoms with E-state index in [9.17, 15) is 4.79 Å². The predicted molar refractivity (Wildman–Crippen MR) is 65.0 cm³/mol. The molecule has 3 heteroatoms. The molecule has 0 aromatic heterocycles. The van der Waals surface area contributed by atoms with Crippen LogP contribution in [0.5, 0.6) is 0 Å². The van der Waals surface area contributed by atoms with Gasteiger partial charge in [-0.2, -0.15) is 0 Å². The predicted octanol–water partition coefficient (Wildman–Crippen LogP) is 1.95. The third kappa shape index (κ3) is 2.57. The molecule has 0 radical (unpaired) electrons. The van der Waals surface area contributed by atoms with Gasteiger partial charge in [-0.1, -0.05) is 27.7 Å². The van der Waals surface area contributed by atoms with Crippen molar-refractivity contribution in [1.82, 2.24) is 5.32 Å². The van der Waals surface area contributed by atoms with Gasteiger partial charge in [0.25, 0.3) is 0 Å². The summed E-state index contributed by atoms with van der Waals surface area (Å²) < 4.78 is 0. The summed E-state index contributed by atoms with van der Waals surface area (Å²) in [6, 6.07) is 0. The summed E-state index contributed by atoms with van der Waals surface area (Å²) in [5, 5.41) is 12.0. The van der Waals surface area contributed by atoms with Gasteiger partial charge < -0.3 is 10.4 Å². The highest BCUT2D eigenvalue weighted by molar-refractivity contribution is 5.75. The van der Waals surface area contributed by atoms with Gasteiger partial charge in [0.1, 0.15) is 0 Å².